The number of halogens is 2. The molecule has 100 valence electrons. The largest absolute Gasteiger partial charge is 0.502 e. The summed E-state index contributed by atoms with van der Waals surface area (Å²) in [5.74, 6) is -1.79. The van der Waals surface area contributed by atoms with E-state index >= 15 is 0 Å². The van der Waals surface area contributed by atoms with E-state index in [1.54, 1.807) is 6.07 Å². The molecule has 1 heterocycles. The normalized spacial score (nSPS) is 15.6. The van der Waals surface area contributed by atoms with Gasteiger partial charge in [-0.3, -0.25) is 14.5 Å². The van der Waals surface area contributed by atoms with Crippen molar-refractivity contribution in [3.05, 3.63) is 39.6 Å². The minimum absolute atomic E-state index is 0.0693. The molecule has 0 bridgehead atoms. The summed E-state index contributed by atoms with van der Waals surface area (Å²) < 4.78 is 0. The lowest BCUT2D eigenvalue weighted by Gasteiger charge is -2.12. The Labute approximate surface area is 120 Å². The third-order valence-electron chi connectivity index (χ3n) is 2.79. The number of imide groups is 1. The third-order valence-corrected chi connectivity index (χ3v) is 3.34. The first kappa shape index (κ1) is 13.9. The van der Waals surface area contributed by atoms with Crippen molar-refractivity contribution >= 4 is 40.6 Å². The Balaban J connectivity index is 2.50. The molecule has 1 aromatic rings. The van der Waals surface area contributed by atoms with Crippen molar-refractivity contribution in [2.24, 2.45) is 0 Å². The monoisotopic (exact) mass is 299 g/mol. The van der Waals surface area contributed by atoms with Gasteiger partial charge in [-0.15, -0.1) is 0 Å². The molecular weight excluding hydrogens is 289 g/mol. The zero-order valence-corrected chi connectivity index (χ0v) is 11.6. The molecule has 1 aromatic carbocycles. The quantitative estimate of drug-likeness (QED) is 0.873. The van der Waals surface area contributed by atoms with Gasteiger partial charge < -0.3 is 5.11 Å². The Bertz CT molecular complexity index is 596. The molecule has 2 amide bonds. The molecule has 19 heavy (non-hydrogen) atoms. The number of amides is 2. The van der Waals surface area contributed by atoms with Crippen molar-refractivity contribution in [2.45, 2.75) is 13.3 Å². The van der Waals surface area contributed by atoms with E-state index in [-0.39, 0.29) is 17.1 Å². The second-order valence-electron chi connectivity index (χ2n) is 4.11. The Morgan fingerprint density at radius 1 is 1.21 bits per heavy atom. The lowest BCUT2D eigenvalue weighted by atomic mass is 10.1. The van der Waals surface area contributed by atoms with Gasteiger partial charge in [0.2, 0.25) is 0 Å². The minimum atomic E-state index is -0.687. The predicted octanol–water partition coefficient (Wildman–Crippen LogP) is 3.04. The van der Waals surface area contributed by atoms with E-state index < -0.39 is 17.6 Å². The maximum atomic E-state index is 12.1. The van der Waals surface area contributed by atoms with Crippen molar-refractivity contribution in [1.82, 2.24) is 4.90 Å². The van der Waals surface area contributed by atoms with Gasteiger partial charge in [-0.2, -0.15) is 0 Å². The van der Waals surface area contributed by atoms with E-state index in [4.69, 9.17) is 23.2 Å². The highest BCUT2D eigenvalue weighted by Gasteiger charge is 2.39. The van der Waals surface area contributed by atoms with Crippen LogP contribution >= 0.6 is 23.2 Å². The van der Waals surface area contributed by atoms with E-state index in [2.05, 4.69) is 0 Å². The van der Waals surface area contributed by atoms with Gasteiger partial charge in [-0.1, -0.05) is 36.2 Å². The van der Waals surface area contributed by atoms with Crippen molar-refractivity contribution < 1.29 is 14.7 Å². The van der Waals surface area contributed by atoms with E-state index in [1.165, 1.54) is 12.1 Å². The van der Waals surface area contributed by atoms with E-state index in [1.807, 2.05) is 6.92 Å². The number of hydrogen-bond acceptors (Lipinski definition) is 3. The standard InChI is InChI=1S/C13H11Cl2NO3/c1-2-5-16-12(18)10(11(17)13(16)19)8-4-3-7(14)6-9(8)15/h3-4,6,17H,2,5H2,1H3. The van der Waals surface area contributed by atoms with E-state index in [0.29, 0.717) is 17.0 Å². The summed E-state index contributed by atoms with van der Waals surface area (Å²) in [5, 5.41) is 10.5. The Hall–Kier alpha value is -1.52. The molecule has 2 rings (SSSR count). The first-order valence-corrected chi connectivity index (χ1v) is 6.47. The van der Waals surface area contributed by atoms with Gasteiger partial charge in [0.1, 0.15) is 0 Å². The molecule has 0 unspecified atom stereocenters. The molecule has 0 spiro atoms. The molecule has 0 radical (unpaired) electrons. The molecule has 0 aliphatic carbocycles. The minimum Gasteiger partial charge on any atom is -0.502 e. The van der Waals surface area contributed by atoms with E-state index in [0.717, 1.165) is 4.90 Å². The van der Waals surface area contributed by atoms with Crippen LogP contribution in [-0.2, 0) is 9.59 Å². The summed E-state index contributed by atoms with van der Waals surface area (Å²) in [6, 6.07) is 4.51. The molecule has 1 aliphatic rings. The number of rotatable bonds is 3. The smallest absolute Gasteiger partial charge is 0.296 e. The topological polar surface area (TPSA) is 57.6 Å². The molecule has 0 saturated heterocycles. The number of benzene rings is 1. The maximum Gasteiger partial charge on any atom is 0.296 e. The fraction of sp³-hybridized carbons (Fsp3) is 0.231. The van der Waals surface area contributed by atoms with Crippen molar-refractivity contribution in [3.63, 3.8) is 0 Å². The van der Waals surface area contributed by atoms with Crippen LogP contribution in [0.15, 0.2) is 24.0 Å². The second-order valence-corrected chi connectivity index (χ2v) is 4.95. The summed E-state index contributed by atoms with van der Waals surface area (Å²) in [6.45, 7) is 2.10. The van der Waals surface area contributed by atoms with Gasteiger partial charge >= 0.3 is 0 Å². The summed E-state index contributed by atoms with van der Waals surface area (Å²) >= 11 is 11.8. The molecule has 0 atom stereocenters. The Morgan fingerprint density at radius 2 is 1.89 bits per heavy atom. The first-order valence-electron chi connectivity index (χ1n) is 5.72. The molecule has 0 aromatic heterocycles. The molecule has 0 saturated carbocycles. The predicted molar refractivity (Wildman–Crippen MR) is 73.0 cm³/mol. The summed E-state index contributed by atoms with van der Waals surface area (Å²) in [7, 11) is 0. The fourth-order valence-corrected chi connectivity index (χ4v) is 2.43. The van der Waals surface area contributed by atoms with Crippen molar-refractivity contribution in [2.75, 3.05) is 6.54 Å². The highest BCUT2D eigenvalue weighted by molar-refractivity contribution is 6.40. The fourth-order valence-electron chi connectivity index (χ4n) is 1.92. The zero-order chi connectivity index (χ0) is 14.2. The zero-order valence-electron chi connectivity index (χ0n) is 10.1. The van der Waals surface area contributed by atoms with E-state index in [9.17, 15) is 14.7 Å². The van der Waals surface area contributed by atoms with Gasteiger partial charge in [0.05, 0.1) is 10.6 Å². The van der Waals surface area contributed by atoms with Crippen LogP contribution in [-0.4, -0.2) is 28.4 Å². The summed E-state index contributed by atoms with van der Waals surface area (Å²) in [6.07, 6.45) is 0.617. The van der Waals surface area contributed by atoms with Crippen LogP contribution in [0.4, 0.5) is 0 Å². The highest BCUT2D eigenvalue weighted by Crippen LogP contribution is 2.33. The van der Waals surface area contributed by atoms with Gasteiger partial charge in [0.25, 0.3) is 11.8 Å². The van der Waals surface area contributed by atoms with Crippen molar-refractivity contribution in [3.8, 4) is 0 Å². The molecular formula is C13H11Cl2NO3. The van der Waals surface area contributed by atoms with Crippen LogP contribution < -0.4 is 0 Å². The average molecular weight is 300 g/mol. The highest BCUT2D eigenvalue weighted by atomic mass is 35.5. The number of carbonyl (C=O) groups excluding carboxylic acids is 2. The SMILES string of the molecule is CCCN1C(=O)C(O)=C(c2ccc(Cl)cc2Cl)C1=O. The van der Waals surface area contributed by atoms with Crippen LogP contribution in [0.2, 0.25) is 10.0 Å². The van der Waals surface area contributed by atoms with Crippen LogP contribution in [0.25, 0.3) is 5.57 Å². The summed E-state index contributed by atoms with van der Waals surface area (Å²) in [4.78, 5) is 25.0. The molecule has 4 nitrogen and oxygen atoms in total. The molecule has 6 heteroatoms. The maximum absolute atomic E-state index is 12.1. The van der Waals surface area contributed by atoms with Crippen molar-refractivity contribution in [1.29, 1.82) is 0 Å². The van der Waals surface area contributed by atoms with Gasteiger partial charge in [0, 0.05) is 17.1 Å². The average Bonchev–Trinajstić information content (AvgIpc) is 2.55. The molecule has 1 aliphatic heterocycles. The van der Waals surface area contributed by atoms with Crippen LogP contribution in [0.1, 0.15) is 18.9 Å². The Kier molecular flexibility index (Phi) is 3.83. The molecule has 1 N–H and O–H groups in total. The van der Waals surface area contributed by atoms with Gasteiger partial charge in [-0.25, -0.2) is 0 Å². The lowest BCUT2D eigenvalue weighted by molar-refractivity contribution is -0.138. The first-order chi connectivity index (χ1) is 8.97. The number of nitrogens with zero attached hydrogens (tertiary/aromatic N) is 1. The second kappa shape index (κ2) is 5.23. The van der Waals surface area contributed by atoms with Crippen LogP contribution in [0.5, 0.6) is 0 Å². The third kappa shape index (κ3) is 2.33. The van der Waals surface area contributed by atoms with Crippen LogP contribution in [0, 0.1) is 0 Å². The number of aliphatic hydroxyl groups excluding tert-OH is 1. The Morgan fingerprint density at radius 3 is 2.47 bits per heavy atom. The lowest BCUT2D eigenvalue weighted by Crippen LogP contribution is -2.32. The number of carbonyl (C=O) groups is 2. The van der Waals surface area contributed by atoms with Gasteiger partial charge in [0.15, 0.2) is 5.76 Å². The molecule has 0 fully saturated rings. The number of aliphatic hydroxyl groups is 1. The van der Waals surface area contributed by atoms with Crippen LogP contribution in [0.3, 0.4) is 0 Å². The number of hydrogen-bond donors (Lipinski definition) is 1. The summed E-state index contributed by atoms with van der Waals surface area (Å²) in [5.41, 5.74) is 0.237. The van der Waals surface area contributed by atoms with Gasteiger partial charge in [-0.05, 0) is 18.6 Å².